The Bertz CT molecular complexity index is 419. The summed E-state index contributed by atoms with van der Waals surface area (Å²) in [4.78, 5) is 22.8. The molecule has 2 rings (SSSR count). The summed E-state index contributed by atoms with van der Waals surface area (Å²) < 4.78 is 5.34. The number of hydrogen-bond donors (Lipinski definition) is 1. The number of carbonyl (C=O) groups excluding carboxylic acids is 2. The first-order valence-corrected chi connectivity index (χ1v) is 5.70. The molecule has 1 aliphatic heterocycles. The van der Waals surface area contributed by atoms with Crippen molar-refractivity contribution < 1.29 is 14.3 Å². The predicted octanol–water partition coefficient (Wildman–Crippen LogP) is 2.01. The van der Waals surface area contributed by atoms with E-state index in [0.717, 1.165) is 12.8 Å². The van der Waals surface area contributed by atoms with Crippen LogP contribution < -0.4 is 5.32 Å². The van der Waals surface area contributed by atoms with E-state index in [9.17, 15) is 9.59 Å². The summed E-state index contributed by atoms with van der Waals surface area (Å²) in [5.74, 6) is -0.0972. The Labute approximate surface area is 100.0 Å². The third-order valence-corrected chi connectivity index (χ3v) is 2.71. The van der Waals surface area contributed by atoms with Gasteiger partial charge in [0.1, 0.15) is 6.10 Å². The van der Waals surface area contributed by atoms with Crippen molar-refractivity contribution in [3.8, 4) is 0 Å². The molecule has 90 valence electrons. The highest BCUT2D eigenvalue weighted by molar-refractivity contribution is 6.00. The van der Waals surface area contributed by atoms with Gasteiger partial charge in [-0.1, -0.05) is 0 Å². The van der Waals surface area contributed by atoms with Gasteiger partial charge < -0.3 is 10.1 Å². The van der Waals surface area contributed by atoms with E-state index >= 15 is 0 Å². The van der Waals surface area contributed by atoms with Crippen LogP contribution in [-0.2, 0) is 9.53 Å². The quantitative estimate of drug-likeness (QED) is 0.812. The van der Waals surface area contributed by atoms with Gasteiger partial charge in [-0.2, -0.15) is 0 Å². The van der Waals surface area contributed by atoms with E-state index in [-0.39, 0.29) is 17.8 Å². The zero-order chi connectivity index (χ0) is 12.3. The molecule has 0 saturated carbocycles. The molecule has 1 aliphatic rings. The lowest BCUT2D eigenvalue weighted by molar-refractivity contribution is -0.114. The SMILES string of the molecule is CC(=O)Nc1ccc(C(=O)C2CCCO2)cc1. The van der Waals surface area contributed by atoms with Crippen molar-refractivity contribution in [1.29, 1.82) is 0 Å². The number of rotatable bonds is 3. The van der Waals surface area contributed by atoms with Crippen molar-refractivity contribution in [3.63, 3.8) is 0 Å². The number of carbonyl (C=O) groups is 2. The van der Waals surface area contributed by atoms with Crippen molar-refractivity contribution in [2.45, 2.75) is 25.9 Å². The summed E-state index contributed by atoms with van der Waals surface area (Å²) in [7, 11) is 0. The van der Waals surface area contributed by atoms with Gasteiger partial charge in [-0.15, -0.1) is 0 Å². The lowest BCUT2D eigenvalue weighted by atomic mass is 10.0. The molecule has 1 amide bonds. The average molecular weight is 233 g/mol. The van der Waals surface area contributed by atoms with Crippen molar-refractivity contribution in [2.75, 3.05) is 11.9 Å². The van der Waals surface area contributed by atoms with Crippen LogP contribution in [0.3, 0.4) is 0 Å². The topological polar surface area (TPSA) is 55.4 Å². The second-order valence-electron chi connectivity index (χ2n) is 4.12. The molecular formula is C13H15NO3. The van der Waals surface area contributed by atoms with E-state index < -0.39 is 0 Å². The van der Waals surface area contributed by atoms with E-state index in [0.29, 0.717) is 17.9 Å². The second-order valence-corrected chi connectivity index (χ2v) is 4.12. The van der Waals surface area contributed by atoms with Gasteiger partial charge in [-0.25, -0.2) is 0 Å². The van der Waals surface area contributed by atoms with Crippen LogP contribution in [0.1, 0.15) is 30.1 Å². The Hall–Kier alpha value is -1.68. The lowest BCUT2D eigenvalue weighted by Crippen LogP contribution is -2.19. The van der Waals surface area contributed by atoms with E-state index in [1.54, 1.807) is 24.3 Å². The number of amides is 1. The van der Waals surface area contributed by atoms with Gasteiger partial charge in [0.05, 0.1) is 0 Å². The van der Waals surface area contributed by atoms with Crippen LogP contribution in [0.25, 0.3) is 0 Å². The molecule has 1 atom stereocenters. The van der Waals surface area contributed by atoms with Gasteiger partial charge in [0.2, 0.25) is 5.91 Å². The number of ether oxygens (including phenoxy) is 1. The second kappa shape index (κ2) is 5.10. The minimum atomic E-state index is -0.290. The molecule has 0 aromatic heterocycles. The van der Waals surface area contributed by atoms with Crippen LogP contribution in [0.4, 0.5) is 5.69 Å². The van der Waals surface area contributed by atoms with E-state index in [2.05, 4.69) is 5.32 Å². The van der Waals surface area contributed by atoms with Gasteiger partial charge in [-0.05, 0) is 37.1 Å². The summed E-state index contributed by atoms with van der Waals surface area (Å²) in [6.07, 6.45) is 1.45. The molecule has 1 fully saturated rings. The maximum atomic E-state index is 12.0. The number of ketones is 1. The summed E-state index contributed by atoms with van der Waals surface area (Å²) in [5.41, 5.74) is 1.33. The van der Waals surface area contributed by atoms with E-state index in [1.165, 1.54) is 6.92 Å². The molecule has 4 nitrogen and oxygen atoms in total. The van der Waals surface area contributed by atoms with Crippen LogP contribution in [0.15, 0.2) is 24.3 Å². The van der Waals surface area contributed by atoms with Gasteiger partial charge in [0.15, 0.2) is 5.78 Å². The van der Waals surface area contributed by atoms with Crippen LogP contribution in [0, 0.1) is 0 Å². The van der Waals surface area contributed by atoms with Crippen LogP contribution in [-0.4, -0.2) is 24.4 Å². The largest absolute Gasteiger partial charge is 0.370 e. The zero-order valence-electron chi connectivity index (χ0n) is 9.73. The van der Waals surface area contributed by atoms with Crippen LogP contribution >= 0.6 is 0 Å². The summed E-state index contributed by atoms with van der Waals surface area (Å²) in [6, 6.07) is 6.89. The first-order chi connectivity index (χ1) is 8.16. The van der Waals surface area contributed by atoms with Crippen LogP contribution in [0.5, 0.6) is 0 Å². The Morgan fingerprint density at radius 3 is 2.53 bits per heavy atom. The standard InChI is InChI=1S/C13H15NO3/c1-9(15)14-11-6-4-10(5-7-11)13(16)12-3-2-8-17-12/h4-7,12H,2-3,8H2,1H3,(H,14,15). The third-order valence-electron chi connectivity index (χ3n) is 2.71. The fraction of sp³-hybridized carbons (Fsp3) is 0.385. The molecule has 1 aromatic rings. The number of nitrogens with one attached hydrogen (secondary N) is 1. The van der Waals surface area contributed by atoms with Gasteiger partial charge in [0, 0.05) is 24.8 Å². The fourth-order valence-corrected chi connectivity index (χ4v) is 1.89. The van der Waals surface area contributed by atoms with Gasteiger partial charge in [0.25, 0.3) is 0 Å². The molecular weight excluding hydrogens is 218 g/mol. The number of anilines is 1. The highest BCUT2D eigenvalue weighted by atomic mass is 16.5. The van der Waals surface area contributed by atoms with Crippen molar-refractivity contribution in [1.82, 2.24) is 0 Å². The van der Waals surface area contributed by atoms with Crippen LogP contribution in [0.2, 0.25) is 0 Å². The molecule has 1 saturated heterocycles. The molecule has 17 heavy (non-hydrogen) atoms. The van der Waals surface area contributed by atoms with Crippen molar-refractivity contribution in [3.05, 3.63) is 29.8 Å². The first kappa shape index (κ1) is 11.8. The molecule has 1 unspecified atom stereocenters. The smallest absolute Gasteiger partial charge is 0.221 e. The first-order valence-electron chi connectivity index (χ1n) is 5.70. The summed E-state index contributed by atoms with van der Waals surface area (Å²) >= 11 is 0. The Kier molecular flexibility index (Phi) is 3.54. The molecule has 0 radical (unpaired) electrons. The Morgan fingerprint density at radius 1 is 1.29 bits per heavy atom. The zero-order valence-corrected chi connectivity index (χ0v) is 9.73. The van der Waals surface area contributed by atoms with Crippen molar-refractivity contribution in [2.24, 2.45) is 0 Å². The van der Waals surface area contributed by atoms with E-state index in [1.807, 2.05) is 0 Å². The molecule has 0 bridgehead atoms. The maximum Gasteiger partial charge on any atom is 0.221 e. The minimum absolute atomic E-state index is 0.0249. The minimum Gasteiger partial charge on any atom is -0.370 e. The highest BCUT2D eigenvalue weighted by Crippen LogP contribution is 2.18. The number of benzene rings is 1. The summed E-state index contributed by atoms with van der Waals surface area (Å²) in [6.45, 7) is 2.12. The number of Topliss-reactive ketones (excluding diaryl/α,β-unsaturated/α-hetero) is 1. The monoisotopic (exact) mass is 233 g/mol. The maximum absolute atomic E-state index is 12.0. The molecule has 1 heterocycles. The molecule has 0 spiro atoms. The summed E-state index contributed by atoms with van der Waals surface area (Å²) in [5, 5.41) is 2.66. The van der Waals surface area contributed by atoms with Crippen molar-refractivity contribution >= 4 is 17.4 Å². The Morgan fingerprint density at radius 2 is 2.00 bits per heavy atom. The van der Waals surface area contributed by atoms with E-state index in [4.69, 9.17) is 4.74 Å². The highest BCUT2D eigenvalue weighted by Gasteiger charge is 2.24. The molecule has 1 N–H and O–H groups in total. The normalized spacial score (nSPS) is 19.0. The number of hydrogen-bond acceptors (Lipinski definition) is 3. The Balaban J connectivity index is 2.06. The third kappa shape index (κ3) is 2.91. The molecule has 1 aromatic carbocycles. The predicted molar refractivity (Wildman–Crippen MR) is 64.1 cm³/mol. The van der Waals surface area contributed by atoms with Gasteiger partial charge in [-0.3, -0.25) is 9.59 Å². The fourth-order valence-electron chi connectivity index (χ4n) is 1.89. The lowest BCUT2D eigenvalue weighted by Gasteiger charge is -2.08. The van der Waals surface area contributed by atoms with Gasteiger partial charge >= 0.3 is 0 Å². The average Bonchev–Trinajstić information content (AvgIpc) is 2.82. The molecule has 4 heteroatoms. The molecule has 0 aliphatic carbocycles.